The molecule has 1 aromatic rings. The highest BCUT2D eigenvalue weighted by Crippen LogP contribution is 2.19. The molecular weight excluding hydrogens is 235 g/mol. The van der Waals surface area contributed by atoms with Crippen LogP contribution in [-0.4, -0.2) is 30.6 Å². The molecule has 0 aliphatic heterocycles. The number of anilines is 1. The van der Waals surface area contributed by atoms with Gasteiger partial charge in [-0.2, -0.15) is 0 Å². The second-order valence-electron chi connectivity index (χ2n) is 3.12. The molecule has 0 amide bonds. The maximum absolute atomic E-state index is 5.98. The molecule has 15 heavy (non-hydrogen) atoms. The zero-order valence-corrected chi connectivity index (χ0v) is 10.1. The molecule has 0 saturated heterocycles. The van der Waals surface area contributed by atoms with Crippen molar-refractivity contribution >= 4 is 28.9 Å². The van der Waals surface area contributed by atoms with Crippen LogP contribution in [0.5, 0.6) is 0 Å². The van der Waals surface area contributed by atoms with E-state index in [0.29, 0.717) is 11.6 Å². The summed E-state index contributed by atoms with van der Waals surface area (Å²) in [6.45, 7) is 1.33. The summed E-state index contributed by atoms with van der Waals surface area (Å²) in [5, 5.41) is 3.84. The maximum Gasteiger partial charge on any atom is 0.0820 e. The van der Waals surface area contributed by atoms with Crippen molar-refractivity contribution in [3.05, 3.63) is 23.5 Å². The lowest BCUT2D eigenvalue weighted by Gasteiger charge is -2.10. The molecule has 0 aliphatic rings. The molecule has 1 N–H and O–H groups in total. The fraction of sp³-hybridized carbons (Fsp3) is 0.500. The summed E-state index contributed by atoms with van der Waals surface area (Å²) >= 11 is 11.9. The Hall–Kier alpha value is -0.510. The largest absolute Gasteiger partial charge is 0.384 e. The molecule has 0 saturated carbocycles. The molecule has 1 aromatic heterocycles. The zero-order valence-electron chi connectivity index (χ0n) is 8.54. The Bertz CT molecular complexity index is 297. The first-order valence-electron chi connectivity index (χ1n) is 4.70. The monoisotopic (exact) mass is 248 g/mol. The molecule has 1 rings (SSSR count). The van der Waals surface area contributed by atoms with Crippen molar-refractivity contribution in [1.82, 2.24) is 4.98 Å². The smallest absolute Gasteiger partial charge is 0.0820 e. The lowest BCUT2D eigenvalue weighted by atomic mass is 10.3. The van der Waals surface area contributed by atoms with Crippen LogP contribution in [0.2, 0.25) is 5.02 Å². The summed E-state index contributed by atoms with van der Waals surface area (Å²) < 4.78 is 4.93. The van der Waals surface area contributed by atoms with Gasteiger partial charge in [-0.1, -0.05) is 11.6 Å². The molecule has 1 unspecified atom stereocenters. The van der Waals surface area contributed by atoms with Gasteiger partial charge >= 0.3 is 0 Å². The molecule has 0 aliphatic carbocycles. The third-order valence-corrected chi connectivity index (χ3v) is 2.54. The topological polar surface area (TPSA) is 34.1 Å². The molecule has 1 heterocycles. The van der Waals surface area contributed by atoms with Crippen LogP contribution in [0.4, 0.5) is 5.69 Å². The summed E-state index contributed by atoms with van der Waals surface area (Å²) in [7, 11) is 1.64. The number of aromatic nitrogens is 1. The molecule has 0 aromatic carbocycles. The predicted molar refractivity (Wildman–Crippen MR) is 63.9 cm³/mol. The average molecular weight is 249 g/mol. The van der Waals surface area contributed by atoms with Gasteiger partial charge in [0, 0.05) is 26.0 Å². The van der Waals surface area contributed by atoms with Gasteiger partial charge in [-0.25, -0.2) is 0 Å². The number of nitrogens with zero attached hydrogens (tertiary/aromatic N) is 1. The number of methoxy groups -OCH3 is 1. The number of hydrogen-bond acceptors (Lipinski definition) is 3. The number of halogens is 2. The van der Waals surface area contributed by atoms with Crippen molar-refractivity contribution in [3.8, 4) is 0 Å². The standard InChI is InChI=1S/C10H14Cl2N2O/c1-15-7-8(11)2-5-14-10-3-4-13-6-9(10)12/h3-4,6,8H,2,5,7H2,1H3,(H,13,14). The van der Waals surface area contributed by atoms with E-state index >= 15 is 0 Å². The third kappa shape index (κ3) is 4.69. The van der Waals surface area contributed by atoms with Crippen LogP contribution in [0, 0.1) is 0 Å². The van der Waals surface area contributed by atoms with E-state index in [2.05, 4.69) is 10.3 Å². The van der Waals surface area contributed by atoms with Crippen molar-refractivity contribution in [2.24, 2.45) is 0 Å². The lowest BCUT2D eigenvalue weighted by Crippen LogP contribution is -2.13. The first kappa shape index (κ1) is 12.6. The van der Waals surface area contributed by atoms with Crippen LogP contribution in [-0.2, 0) is 4.74 Å². The number of ether oxygens (including phenoxy) is 1. The molecule has 0 spiro atoms. The summed E-state index contributed by atoms with van der Waals surface area (Å²) in [5.74, 6) is 0. The second kappa shape index (κ2) is 6.88. The molecule has 84 valence electrons. The van der Waals surface area contributed by atoms with Gasteiger partial charge in [-0.3, -0.25) is 4.98 Å². The van der Waals surface area contributed by atoms with E-state index < -0.39 is 0 Å². The molecule has 3 nitrogen and oxygen atoms in total. The second-order valence-corrected chi connectivity index (χ2v) is 4.15. The average Bonchev–Trinajstić information content (AvgIpc) is 2.21. The van der Waals surface area contributed by atoms with E-state index in [9.17, 15) is 0 Å². The minimum absolute atomic E-state index is 0.0307. The first-order valence-corrected chi connectivity index (χ1v) is 5.52. The van der Waals surface area contributed by atoms with E-state index in [0.717, 1.165) is 18.7 Å². The number of alkyl halides is 1. The Morgan fingerprint density at radius 2 is 2.40 bits per heavy atom. The van der Waals surface area contributed by atoms with Gasteiger partial charge < -0.3 is 10.1 Å². The Balaban J connectivity index is 2.29. The molecule has 5 heteroatoms. The highest BCUT2D eigenvalue weighted by molar-refractivity contribution is 6.33. The van der Waals surface area contributed by atoms with Crippen molar-refractivity contribution in [1.29, 1.82) is 0 Å². The summed E-state index contributed by atoms with van der Waals surface area (Å²) in [4.78, 5) is 3.90. The minimum atomic E-state index is 0.0307. The highest BCUT2D eigenvalue weighted by Gasteiger charge is 2.04. The molecule has 0 bridgehead atoms. The SMILES string of the molecule is COCC(Cl)CCNc1ccncc1Cl. The van der Waals surface area contributed by atoms with E-state index in [4.69, 9.17) is 27.9 Å². The van der Waals surface area contributed by atoms with E-state index in [1.165, 1.54) is 0 Å². The number of hydrogen-bond donors (Lipinski definition) is 1. The van der Waals surface area contributed by atoms with Crippen molar-refractivity contribution in [2.75, 3.05) is 25.6 Å². The molecular formula is C10H14Cl2N2O. The quantitative estimate of drug-likeness (QED) is 0.787. The molecule has 0 radical (unpaired) electrons. The Morgan fingerprint density at radius 3 is 3.07 bits per heavy atom. The fourth-order valence-corrected chi connectivity index (χ4v) is 1.57. The van der Waals surface area contributed by atoms with Gasteiger partial charge in [0.2, 0.25) is 0 Å². The first-order chi connectivity index (χ1) is 7.24. The van der Waals surface area contributed by atoms with Crippen LogP contribution in [0.3, 0.4) is 0 Å². The van der Waals surface area contributed by atoms with Gasteiger partial charge in [0.25, 0.3) is 0 Å². The highest BCUT2D eigenvalue weighted by atomic mass is 35.5. The predicted octanol–water partition coefficient (Wildman–Crippen LogP) is 2.79. The van der Waals surface area contributed by atoms with Crippen LogP contribution < -0.4 is 5.32 Å². The lowest BCUT2D eigenvalue weighted by molar-refractivity contribution is 0.196. The number of nitrogens with one attached hydrogen (secondary N) is 1. The van der Waals surface area contributed by atoms with Crippen LogP contribution >= 0.6 is 23.2 Å². The van der Waals surface area contributed by atoms with Gasteiger partial charge in [0.05, 0.1) is 22.7 Å². The van der Waals surface area contributed by atoms with Crippen molar-refractivity contribution < 1.29 is 4.74 Å². The summed E-state index contributed by atoms with van der Waals surface area (Å²) in [6.07, 6.45) is 4.13. The van der Waals surface area contributed by atoms with Crippen LogP contribution in [0.1, 0.15) is 6.42 Å². The van der Waals surface area contributed by atoms with Crippen LogP contribution in [0.25, 0.3) is 0 Å². The summed E-state index contributed by atoms with van der Waals surface area (Å²) in [6, 6.07) is 1.84. The fourth-order valence-electron chi connectivity index (χ4n) is 1.15. The van der Waals surface area contributed by atoms with E-state index in [1.54, 1.807) is 19.5 Å². The van der Waals surface area contributed by atoms with Crippen LogP contribution in [0.15, 0.2) is 18.5 Å². The Morgan fingerprint density at radius 1 is 1.60 bits per heavy atom. The van der Waals surface area contributed by atoms with Gasteiger partial charge in [0.1, 0.15) is 0 Å². The van der Waals surface area contributed by atoms with Gasteiger partial charge in [-0.05, 0) is 12.5 Å². The van der Waals surface area contributed by atoms with Gasteiger partial charge in [0.15, 0.2) is 0 Å². The van der Waals surface area contributed by atoms with Crippen molar-refractivity contribution in [2.45, 2.75) is 11.8 Å². The summed E-state index contributed by atoms with van der Waals surface area (Å²) in [5.41, 5.74) is 0.882. The zero-order chi connectivity index (χ0) is 11.1. The van der Waals surface area contributed by atoms with Crippen molar-refractivity contribution in [3.63, 3.8) is 0 Å². The van der Waals surface area contributed by atoms with E-state index in [1.807, 2.05) is 6.07 Å². The number of rotatable bonds is 6. The Kier molecular flexibility index (Phi) is 5.76. The maximum atomic E-state index is 5.98. The molecule has 1 atom stereocenters. The van der Waals surface area contributed by atoms with Gasteiger partial charge in [-0.15, -0.1) is 11.6 Å². The third-order valence-electron chi connectivity index (χ3n) is 1.89. The normalized spacial score (nSPS) is 12.5. The minimum Gasteiger partial charge on any atom is -0.384 e. The molecule has 0 fully saturated rings. The Labute approximate surface area is 99.7 Å². The van der Waals surface area contributed by atoms with E-state index in [-0.39, 0.29) is 5.38 Å². The number of pyridine rings is 1.